The van der Waals surface area contributed by atoms with E-state index in [4.69, 9.17) is 0 Å². The minimum absolute atomic E-state index is 0.0259. The summed E-state index contributed by atoms with van der Waals surface area (Å²) >= 11 is 0. The van der Waals surface area contributed by atoms with Crippen molar-refractivity contribution < 1.29 is 13.2 Å². The van der Waals surface area contributed by atoms with Crippen LogP contribution in [0, 0.1) is 17.5 Å². The van der Waals surface area contributed by atoms with Crippen LogP contribution in [0.25, 0.3) is 65.7 Å². The summed E-state index contributed by atoms with van der Waals surface area (Å²) in [5, 5.41) is 5.82. The maximum atomic E-state index is 14.7. The minimum Gasteiger partial charge on any atom is -0.204 e. The van der Waals surface area contributed by atoms with Gasteiger partial charge in [0.2, 0.25) is 0 Å². The van der Waals surface area contributed by atoms with E-state index in [0.717, 1.165) is 66.7 Å². The Morgan fingerprint density at radius 1 is 0.442 bits per heavy atom. The lowest BCUT2D eigenvalue weighted by molar-refractivity contribution is 0.448. The number of hydrogen-bond donors (Lipinski definition) is 0. The summed E-state index contributed by atoms with van der Waals surface area (Å²) in [6.45, 7) is 6.56. The molecule has 3 heteroatoms. The summed E-state index contributed by atoms with van der Waals surface area (Å²) in [5.41, 5.74) is 6.36. The fourth-order valence-electron chi connectivity index (χ4n) is 6.27. The molecule has 7 aromatic carbocycles. The molecule has 0 N–H and O–H groups in total. The monoisotopic (exact) mass is 566 g/mol. The molecular formula is C40H29F3. The van der Waals surface area contributed by atoms with Crippen molar-refractivity contribution in [2.75, 3.05) is 0 Å². The molecule has 0 radical (unpaired) electrons. The van der Waals surface area contributed by atoms with Crippen molar-refractivity contribution in [3.05, 3.63) is 144 Å². The van der Waals surface area contributed by atoms with Gasteiger partial charge in [-0.2, -0.15) is 0 Å². The third kappa shape index (κ3) is 4.56. The second kappa shape index (κ2) is 10.1. The fraction of sp³-hybridized carbons (Fsp3) is 0.100. The van der Waals surface area contributed by atoms with E-state index < -0.39 is 17.5 Å². The van der Waals surface area contributed by atoms with Gasteiger partial charge in [-0.1, -0.05) is 124 Å². The van der Waals surface area contributed by atoms with E-state index in [9.17, 15) is 13.2 Å². The molecule has 0 aromatic heterocycles. The van der Waals surface area contributed by atoms with Crippen LogP contribution in [-0.2, 0) is 5.41 Å². The Hall–Kier alpha value is -4.89. The third-order valence-corrected chi connectivity index (χ3v) is 8.44. The third-order valence-electron chi connectivity index (χ3n) is 8.44. The average molecular weight is 567 g/mol. The highest BCUT2D eigenvalue weighted by atomic mass is 19.2. The van der Waals surface area contributed by atoms with Crippen molar-refractivity contribution in [1.29, 1.82) is 0 Å². The quantitative estimate of drug-likeness (QED) is 0.147. The minimum atomic E-state index is -1.47. The number of fused-ring (bicyclic) bond motifs is 3. The SMILES string of the molecule is CC(C)(C)c1ccc(-c2ccc3c(-c4cccc5ccccc45)c4ccccc4c(-c4cc(F)c(F)c(F)c4)c3c2)cc1. The van der Waals surface area contributed by atoms with E-state index >= 15 is 0 Å². The highest BCUT2D eigenvalue weighted by molar-refractivity contribution is 6.24. The second-order valence-corrected chi connectivity index (χ2v) is 12.2. The van der Waals surface area contributed by atoms with E-state index in [1.54, 1.807) is 0 Å². The Kier molecular flexibility index (Phi) is 6.36. The van der Waals surface area contributed by atoms with Gasteiger partial charge in [0.15, 0.2) is 17.5 Å². The zero-order valence-corrected chi connectivity index (χ0v) is 24.2. The van der Waals surface area contributed by atoms with Gasteiger partial charge < -0.3 is 0 Å². The topological polar surface area (TPSA) is 0 Å². The van der Waals surface area contributed by atoms with E-state index in [1.165, 1.54) is 5.56 Å². The normalized spacial score (nSPS) is 12.0. The Labute approximate surface area is 249 Å². The first kappa shape index (κ1) is 27.0. The standard InChI is InChI=1S/C40H29F3/c1-40(2,3)28-18-15-24(16-19-28)26-17-20-33-34(21-26)37(27-22-35(41)39(43)36(42)23-27)31-12-6-7-13-32(31)38(33)30-14-8-10-25-9-4-5-11-29(25)30/h4-23H,1-3H3. The molecule has 43 heavy (non-hydrogen) atoms. The highest BCUT2D eigenvalue weighted by Crippen LogP contribution is 2.46. The van der Waals surface area contributed by atoms with Crippen LogP contribution >= 0.6 is 0 Å². The van der Waals surface area contributed by atoms with Crippen molar-refractivity contribution in [3.8, 4) is 33.4 Å². The first-order valence-corrected chi connectivity index (χ1v) is 14.4. The smallest absolute Gasteiger partial charge is 0.194 e. The Morgan fingerprint density at radius 3 is 1.67 bits per heavy atom. The summed E-state index contributed by atoms with van der Waals surface area (Å²) in [4.78, 5) is 0. The van der Waals surface area contributed by atoms with Gasteiger partial charge in [0.1, 0.15) is 0 Å². The number of halogens is 3. The van der Waals surface area contributed by atoms with Crippen LogP contribution < -0.4 is 0 Å². The lowest BCUT2D eigenvalue weighted by atomic mass is 9.83. The van der Waals surface area contributed by atoms with Crippen LogP contribution in [0.4, 0.5) is 13.2 Å². The van der Waals surface area contributed by atoms with Crippen LogP contribution in [-0.4, -0.2) is 0 Å². The van der Waals surface area contributed by atoms with Crippen LogP contribution in [0.1, 0.15) is 26.3 Å². The average Bonchev–Trinajstić information content (AvgIpc) is 3.01. The molecule has 0 fully saturated rings. The van der Waals surface area contributed by atoms with Gasteiger partial charge in [0.25, 0.3) is 0 Å². The zero-order chi connectivity index (χ0) is 29.9. The van der Waals surface area contributed by atoms with Gasteiger partial charge >= 0.3 is 0 Å². The molecule has 0 aliphatic rings. The van der Waals surface area contributed by atoms with Crippen LogP contribution in [0.5, 0.6) is 0 Å². The van der Waals surface area contributed by atoms with Gasteiger partial charge in [-0.05, 0) is 94.9 Å². The maximum Gasteiger partial charge on any atom is 0.194 e. The van der Waals surface area contributed by atoms with E-state index in [2.05, 4.69) is 93.6 Å². The van der Waals surface area contributed by atoms with Gasteiger partial charge in [-0.15, -0.1) is 0 Å². The number of rotatable bonds is 3. The van der Waals surface area contributed by atoms with Crippen molar-refractivity contribution in [1.82, 2.24) is 0 Å². The molecule has 0 saturated heterocycles. The molecular weight excluding hydrogens is 537 g/mol. The highest BCUT2D eigenvalue weighted by Gasteiger charge is 2.21. The first-order valence-electron chi connectivity index (χ1n) is 14.4. The summed E-state index contributed by atoms with van der Waals surface area (Å²) < 4.78 is 43.6. The molecule has 7 aromatic rings. The van der Waals surface area contributed by atoms with Crippen LogP contribution in [0.3, 0.4) is 0 Å². The van der Waals surface area contributed by atoms with Gasteiger partial charge in [0.05, 0.1) is 0 Å². The number of benzene rings is 7. The first-order chi connectivity index (χ1) is 20.7. The second-order valence-electron chi connectivity index (χ2n) is 12.2. The lowest BCUT2D eigenvalue weighted by Crippen LogP contribution is -2.10. The molecule has 0 aliphatic heterocycles. The van der Waals surface area contributed by atoms with Gasteiger partial charge in [-0.3, -0.25) is 0 Å². The predicted octanol–water partition coefficient (Wildman–Crippen LogP) is 11.9. The molecule has 0 unspecified atom stereocenters. The van der Waals surface area contributed by atoms with E-state index in [0.29, 0.717) is 11.1 Å². The van der Waals surface area contributed by atoms with Crippen molar-refractivity contribution in [2.24, 2.45) is 0 Å². The predicted molar refractivity (Wildman–Crippen MR) is 174 cm³/mol. The summed E-state index contributed by atoms with van der Waals surface area (Å²) in [5.74, 6) is -3.89. The number of hydrogen-bond acceptors (Lipinski definition) is 0. The van der Waals surface area contributed by atoms with Crippen molar-refractivity contribution >= 4 is 32.3 Å². The molecule has 7 rings (SSSR count). The molecule has 0 saturated carbocycles. The molecule has 0 nitrogen and oxygen atoms in total. The molecule has 0 spiro atoms. The molecule has 0 aliphatic carbocycles. The summed E-state index contributed by atoms with van der Waals surface area (Å²) in [7, 11) is 0. The molecule has 0 heterocycles. The Bertz CT molecular complexity index is 2160. The Morgan fingerprint density at radius 2 is 1.00 bits per heavy atom. The molecule has 0 atom stereocenters. The fourth-order valence-corrected chi connectivity index (χ4v) is 6.27. The van der Waals surface area contributed by atoms with Crippen molar-refractivity contribution in [3.63, 3.8) is 0 Å². The van der Waals surface area contributed by atoms with E-state index in [-0.39, 0.29) is 5.41 Å². The maximum absolute atomic E-state index is 14.7. The van der Waals surface area contributed by atoms with Crippen LogP contribution in [0.2, 0.25) is 0 Å². The zero-order valence-electron chi connectivity index (χ0n) is 24.2. The largest absolute Gasteiger partial charge is 0.204 e. The molecule has 0 amide bonds. The van der Waals surface area contributed by atoms with Gasteiger partial charge in [0, 0.05) is 0 Å². The lowest BCUT2D eigenvalue weighted by Gasteiger charge is -2.20. The van der Waals surface area contributed by atoms with Gasteiger partial charge in [-0.25, -0.2) is 13.2 Å². The summed E-state index contributed by atoms with van der Waals surface area (Å²) in [6.07, 6.45) is 0. The van der Waals surface area contributed by atoms with Crippen molar-refractivity contribution in [2.45, 2.75) is 26.2 Å². The molecule has 210 valence electrons. The Balaban J connectivity index is 1.61. The van der Waals surface area contributed by atoms with E-state index in [1.807, 2.05) is 36.4 Å². The summed E-state index contributed by atoms with van der Waals surface area (Å²) in [6, 6.07) is 39.5. The van der Waals surface area contributed by atoms with Crippen LogP contribution in [0.15, 0.2) is 121 Å². The molecule has 0 bridgehead atoms.